The molecule has 0 bridgehead atoms. The molecule has 4 aromatic rings. The second kappa shape index (κ2) is 8.98. The minimum absolute atomic E-state index is 0.204. The number of likely N-dealkylation sites (N-methyl/N-ethyl adjacent to an activating group) is 1. The van der Waals surface area contributed by atoms with Gasteiger partial charge in [0, 0.05) is 45.8 Å². The summed E-state index contributed by atoms with van der Waals surface area (Å²) in [6, 6.07) is 19.5. The molecule has 1 saturated heterocycles. The van der Waals surface area contributed by atoms with Crippen LogP contribution in [0, 0.1) is 5.82 Å². The second-order valence-corrected chi connectivity index (χ2v) is 9.71. The van der Waals surface area contributed by atoms with Crippen molar-refractivity contribution < 1.29 is 9.18 Å². The molecule has 1 aliphatic rings. The molecular weight excluding hydrogens is 537 g/mol. The van der Waals surface area contributed by atoms with Gasteiger partial charge in [-0.3, -0.25) is 9.69 Å². The Morgan fingerprint density at radius 3 is 2.47 bits per heavy atom. The molecule has 1 aliphatic heterocycles. The zero-order valence-electron chi connectivity index (χ0n) is 18.0. The van der Waals surface area contributed by atoms with Crippen LogP contribution in [0.4, 0.5) is 10.1 Å². The minimum Gasteiger partial charge on any atom is -0.342 e. The number of carbonyl (C=O) groups is 1. The lowest BCUT2D eigenvalue weighted by atomic mass is 10.1. The van der Waals surface area contributed by atoms with Gasteiger partial charge in [-0.1, -0.05) is 39.7 Å². The lowest BCUT2D eigenvalue weighted by molar-refractivity contribution is -0.114. The smallest absolute Gasteiger partial charge is 0.281 e. The van der Waals surface area contributed by atoms with Crippen LogP contribution in [0.5, 0.6) is 0 Å². The fourth-order valence-corrected chi connectivity index (χ4v) is 4.82. The number of thiocarbonyl (C=S) groups is 1. The topological polar surface area (TPSA) is 28.5 Å². The van der Waals surface area contributed by atoms with Crippen molar-refractivity contribution in [2.24, 2.45) is 0 Å². The molecule has 0 atom stereocenters. The summed E-state index contributed by atoms with van der Waals surface area (Å²) in [5.74, 6) is -0.469. The first-order valence-electron chi connectivity index (χ1n) is 10.4. The molecule has 0 unspecified atom stereocenters. The van der Waals surface area contributed by atoms with Gasteiger partial charge in [0.15, 0.2) is 5.11 Å². The van der Waals surface area contributed by atoms with Crippen molar-refractivity contribution in [3.8, 4) is 0 Å². The molecule has 5 rings (SSSR count). The number of aromatic nitrogens is 1. The Hall–Kier alpha value is -3.00. The highest BCUT2D eigenvalue weighted by Crippen LogP contribution is 2.32. The molecule has 1 amide bonds. The van der Waals surface area contributed by atoms with Crippen LogP contribution in [-0.4, -0.2) is 27.5 Å². The summed E-state index contributed by atoms with van der Waals surface area (Å²) in [5, 5.41) is 1.97. The number of carbonyl (C=O) groups excluding carboxylic acids is 1. The lowest BCUT2D eigenvalue weighted by Gasteiger charge is -2.16. The van der Waals surface area contributed by atoms with Crippen LogP contribution >= 0.6 is 39.7 Å². The van der Waals surface area contributed by atoms with Gasteiger partial charge >= 0.3 is 0 Å². The fourth-order valence-electron chi connectivity index (χ4n) is 4.05. The highest BCUT2D eigenvalue weighted by molar-refractivity contribution is 9.10. The van der Waals surface area contributed by atoms with Crippen molar-refractivity contribution in [1.82, 2.24) is 9.47 Å². The van der Waals surface area contributed by atoms with Crippen LogP contribution < -0.4 is 4.90 Å². The molecule has 1 aromatic heterocycles. The van der Waals surface area contributed by atoms with Crippen molar-refractivity contribution in [3.05, 3.63) is 105 Å². The predicted molar refractivity (Wildman–Crippen MR) is 142 cm³/mol. The quantitative estimate of drug-likeness (QED) is 0.204. The summed E-state index contributed by atoms with van der Waals surface area (Å²) in [4.78, 5) is 16.6. The Morgan fingerprint density at radius 2 is 1.76 bits per heavy atom. The van der Waals surface area contributed by atoms with Gasteiger partial charge in [0.05, 0.1) is 5.69 Å². The lowest BCUT2D eigenvalue weighted by Crippen LogP contribution is -2.31. The summed E-state index contributed by atoms with van der Waals surface area (Å²) in [5.41, 5.74) is 4.00. The van der Waals surface area contributed by atoms with Gasteiger partial charge in [-0.05, 0) is 78.5 Å². The summed E-state index contributed by atoms with van der Waals surface area (Å²) < 4.78 is 16.4. The van der Waals surface area contributed by atoms with E-state index < -0.39 is 0 Å². The summed E-state index contributed by atoms with van der Waals surface area (Å²) in [6.45, 7) is 0.570. The highest BCUT2D eigenvalue weighted by atomic mass is 79.9. The van der Waals surface area contributed by atoms with E-state index >= 15 is 0 Å². The summed E-state index contributed by atoms with van der Waals surface area (Å²) >= 11 is 15.1. The SMILES string of the molecule is CN1C(=S)N(c2ccc(Cl)cc2)C(=O)/C1=C/c1cn(Cc2ccc(F)cc2)c2ccc(Br)cc12. The van der Waals surface area contributed by atoms with Crippen molar-refractivity contribution >= 4 is 73.4 Å². The number of amides is 1. The van der Waals surface area contributed by atoms with Crippen molar-refractivity contribution in [2.45, 2.75) is 6.54 Å². The van der Waals surface area contributed by atoms with E-state index in [1.807, 2.05) is 30.5 Å². The minimum atomic E-state index is -0.264. The molecule has 2 heterocycles. The predicted octanol–water partition coefficient (Wildman–Crippen LogP) is 6.85. The second-order valence-electron chi connectivity index (χ2n) is 7.99. The van der Waals surface area contributed by atoms with E-state index in [0.717, 1.165) is 26.5 Å². The zero-order valence-corrected chi connectivity index (χ0v) is 21.2. The Bertz CT molecular complexity index is 1460. The molecule has 1 fully saturated rings. The molecule has 0 saturated carbocycles. The maximum atomic E-state index is 13.4. The number of benzene rings is 3. The number of nitrogens with zero attached hydrogens (tertiary/aromatic N) is 3. The van der Waals surface area contributed by atoms with Crippen LogP contribution in [0.3, 0.4) is 0 Å². The maximum Gasteiger partial charge on any atom is 0.281 e. The van der Waals surface area contributed by atoms with E-state index in [2.05, 4.69) is 20.5 Å². The molecule has 0 N–H and O–H groups in total. The first-order valence-corrected chi connectivity index (χ1v) is 12.0. The number of fused-ring (bicyclic) bond motifs is 1. The Balaban J connectivity index is 1.57. The van der Waals surface area contributed by atoms with Crippen LogP contribution in [-0.2, 0) is 11.3 Å². The van der Waals surface area contributed by atoms with E-state index in [1.54, 1.807) is 48.3 Å². The third-order valence-electron chi connectivity index (χ3n) is 5.78. The maximum absolute atomic E-state index is 13.4. The summed E-state index contributed by atoms with van der Waals surface area (Å²) in [6.07, 6.45) is 3.86. The van der Waals surface area contributed by atoms with E-state index in [9.17, 15) is 9.18 Å². The third kappa shape index (κ3) is 4.15. The molecule has 0 aliphatic carbocycles. The average Bonchev–Trinajstić information content (AvgIpc) is 3.25. The van der Waals surface area contributed by atoms with Gasteiger partial charge in [0.2, 0.25) is 0 Å². The van der Waals surface area contributed by atoms with Gasteiger partial charge in [0.25, 0.3) is 5.91 Å². The average molecular weight is 555 g/mol. The first-order chi connectivity index (χ1) is 16.3. The van der Waals surface area contributed by atoms with Crippen LogP contribution in [0.2, 0.25) is 5.02 Å². The molecule has 0 radical (unpaired) electrons. The van der Waals surface area contributed by atoms with Gasteiger partial charge in [0.1, 0.15) is 11.5 Å². The standard InChI is InChI=1S/C26H18BrClFN3OS/c1-30-24(25(33)32(26(30)34)21-9-5-19(28)6-10-21)12-17-15-31(14-16-2-7-20(29)8-3-16)23-11-4-18(27)13-22(17)23/h2-13,15H,14H2,1H3/b24-12-. The van der Waals surface area contributed by atoms with E-state index in [-0.39, 0.29) is 11.7 Å². The van der Waals surface area contributed by atoms with Gasteiger partial charge < -0.3 is 9.47 Å². The van der Waals surface area contributed by atoms with Gasteiger partial charge in [-0.2, -0.15) is 0 Å². The van der Waals surface area contributed by atoms with Crippen LogP contribution in [0.1, 0.15) is 11.1 Å². The van der Waals surface area contributed by atoms with Crippen LogP contribution in [0.25, 0.3) is 17.0 Å². The summed E-state index contributed by atoms with van der Waals surface area (Å²) in [7, 11) is 1.79. The van der Waals surface area contributed by atoms with Gasteiger partial charge in [-0.25, -0.2) is 4.39 Å². The highest BCUT2D eigenvalue weighted by Gasteiger charge is 2.37. The Labute approximate surface area is 215 Å². The van der Waals surface area contributed by atoms with Gasteiger partial charge in [-0.15, -0.1) is 0 Å². The molecule has 3 aromatic carbocycles. The Morgan fingerprint density at radius 1 is 1.06 bits per heavy atom. The number of hydrogen-bond acceptors (Lipinski definition) is 2. The first kappa shape index (κ1) is 22.8. The largest absolute Gasteiger partial charge is 0.342 e. The van der Waals surface area contributed by atoms with Crippen molar-refractivity contribution in [2.75, 3.05) is 11.9 Å². The monoisotopic (exact) mass is 553 g/mol. The number of halogens is 3. The number of hydrogen-bond donors (Lipinski definition) is 0. The molecule has 170 valence electrons. The van der Waals surface area contributed by atoms with Crippen molar-refractivity contribution in [3.63, 3.8) is 0 Å². The molecule has 0 spiro atoms. The molecule has 4 nitrogen and oxygen atoms in total. The third-order valence-corrected chi connectivity index (χ3v) is 6.98. The van der Waals surface area contributed by atoms with E-state index in [0.29, 0.717) is 28.1 Å². The van der Waals surface area contributed by atoms with Crippen LogP contribution in [0.15, 0.2) is 83.1 Å². The van der Waals surface area contributed by atoms with E-state index in [1.165, 1.54) is 17.0 Å². The Kier molecular flexibility index (Phi) is 6.02. The number of rotatable bonds is 4. The zero-order chi connectivity index (χ0) is 24.0. The molecular formula is C26H18BrClFN3OS. The number of anilines is 1. The molecule has 8 heteroatoms. The molecule has 34 heavy (non-hydrogen) atoms. The fraction of sp³-hybridized carbons (Fsp3) is 0.0769. The van der Waals surface area contributed by atoms with E-state index in [4.69, 9.17) is 23.8 Å². The normalized spacial score (nSPS) is 15.2. The van der Waals surface area contributed by atoms with Crippen molar-refractivity contribution in [1.29, 1.82) is 0 Å².